The Labute approximate surface area is 167 Å². The van der Waals surface area contributed by atoms with Crippen molar-refractivity contribution in [3.63, 3.8) is 0 Å². The predicted octanol–water partition coefficient (Wildman–Crippen LogP) is 3.83. The van der Waals surface area contributed by atoms with Crippen LogP contribution in [0.3, 0.4) is 0 Å². The van der Waals surface area contributed by atoms with Gasteiger partial charge in [-0.1, -0.05) is 12.1 Å². The number of nitrogens with zero attached hydrogens (tertiary/aromatic N) is 2. The molecule has 0 bridgehead atoms. The molecule has 1 aromatic heterocycles. The molecular weight excluding hydrogens is 445 g/mol. The second-order valence-electron chi connectivity index (χ2n) is 6.61. The highest BCUT2D eigenvalue weighted by atomic mass is 127. The Morgan fingerprint density at radius 1 is 1.42 bits per heavy atom. The molecule has 1 atom stereocenters. The standard InChI is InChI=1S/C19H24IN3O3/c1-6-16(18(24)23-19(3,4)11-22-25-5)26-15-7-12(2)17-13(9-15)8-14(20)10-21-17/h7-11,16H,6H2,1-5H3,(H,23,24). The second-order valence-corrected chi connectivity index (χ2v) is 7.85. The maximum Gasteiger partial charge on any atom is 0.261 e. The van der Waals surface area contributed by atoms with Crippen LogP contribution in [0.5, 0.6) is 5.75 Å². The number of fused-ring (bicyclic) bond motifs is 1. The van der Waals surface area contributed by atoms with Crippen LogP contribution in [-0.4, -0.2) is 35.9 Å². The zero-order valence-electron chi connectivity index (χ0n) is 15.7. The summed E-state index contributed by atoms with van der Waals surface area (Å²) in [7, 11) is 1.46. The van der Waals surface area contributed by atoms with Crippen molar-refractivity contribution in [3.05, 3.63) is 33.5 Å². The number of ether oxygens (including phenoxy) is 1. The van der Waals surface area contributed by atoms with Gasteiger partial charge < -0.3 is 14.9 Å². The normalized spacial score (nSPS) is 13.0. The maximum absolute atomic E-state index is 12.6. The number of nitrogens with one attached hydrogen (secondary N) is 1. The summed E-state index contributed by atoms with van der Waals surface area (Å²) in [6.45, 7) is 7.58. The van der Waals surface area contributed by atoms with Crippen molar-refractivity contribution in [2.75, 3.05) is 7.11 Å². The first-order chi connectivity index (χ1) is 12.3. The Bertz CT molecular complexity index is 821. The summed E-state index contributed by atoms with van der Waals surface area (Å²) in [6.07, 6.45) is 3.33. The third-order valence-corrected chi connectivity index (χ3v) is 4.37. The number of carbonyl (C=O) groups excluding carboxylic acids is 1. The fraction of sp³-hybridized carbons (Fsp3) is 0.421. The number of amides is 1. The number of hydrogen-bond donors (Lipinski definition) is 1. The minimum atomic E-state index is -0.636. The van der Waals surface area contributed by atoms with E-state index in [1.807, 2.05) is 52.1 Å². The number of hydrogen-bond acceptors (Lipinski definition) is 5. The highest BCUT2D eigenvalue weighted by Gasteiger charge is 2.25. The molecule has 0 fully saturated rings. The minimum absolute atomic E-state index is 0.196. The third-order valence-electron chi connectivity index (χ3n) is 3.78. The van der Waals surface area contributed by atoms with Gasteiger partial charge in [0, 0.05) is 15.2 Å². The fourth-order valence-electron chi connectivity index (χ4n) is 2.54. The monoisotopic (exact) mass is 469 g/mol. The smallest absolute Gasteiger partial charge is 0.261 e. The van der Waals surface area contributed by atoms with E-state index in [1.165, 1.54) is 7.11 Å². The molecule has 0 aliphatic rings. The van der Waals surface area contributed by atoms with Gasteiger partial charge in [-0.05, 0) is 73.5 Å². The van der Waals surface area contributed by atoms with Crippen molar-refractivity contribution in [1.29, 1.82) is 0 Å². The molecule has 2 rings (SSSR count). The average molecular weight is 469 g/mol. The molecule has 0 saturated carbocycles. The Hall–Kier alpha value is -1.90. The summed E-state index contributed by atoms with van der Waals surface area (Å²) in [4.78, 5) is 21.8. The van der Waals surface area contributed by atoms with E-state index in [9.17, 15) is 4.79 Å². The average Bonchev–Trinajstić information content (AvgIpc) is 2.57. The van der Waals surface area contributed by atoms with Crippen LogP contribution in [-0.2, 0) is 9.63 Å². The first-order valence-electron chi connectivity index (χ1n) is 8.38. The Morgan fingerprint density at radius 3 is 2.81 bits per heavy atom. The summed E-state index contributed by atoms with van der Waals surface area (Å²) in [6, 6.07) is 5.88. The lowest BCUT2D eigenvalue weighted by Gasteiger charge is -2.25. The first kappa shape index (κ1) is 20.4. The molecular formula is C19H24IN3O3. The van der Waals surface area contributed by atoms with Gasteiger partial charge in [0.15, 0.2) is 6.10 Å². The van der Waals surface area contributed by atoms with E-state index in [-0.39, 0.29) is 5.91 Å². The van der Waals surface area contributed by atoms with Gasteiger partial charge in [0.05, 0.1) is 17.3 Å². The zero-order chi connectivity index (χ0) is 19.3. The largest absolute Gasteiger partial charge is 0.481 e. The van der Waals surface area contributed by atoms with Crippen LogP contribution >= 0.6 is 22.6 Å². The topological polar surface area (TPSA) is 72.8 Å². The quantitative estimate of drug-likeness (QED) is 0.380. The molecule has 1 heterocycles. The van der Waals surface area contributed by atoms with Gasteiger partial charge in [0.25, 0.3) is 5.91 Å². The molecule has 0 aliphatic carbocycles. The van der Waals surface area contributed by atoms with Gasteiger partial charge in [0.2, 0.25) is 0 Å². The van der Waals surface area contributed by atoms with E-state index >= 15 is 0 Å². The molecule has 2 aromatic rings. The number of rotatable bonds is 7. The lowest BCUT2D eigenvalue weighted by Crippen LogP contribution is -2.50. The highest BCUT2D eigenvalue weighted by Crippen LogP contribution is 2.26. The molecule has 7 heteroatoms. The molecule has 26 heavy (non-hydrogen) atoms. The van der Waals surface area contributed by atoms with Crippen molar-refractivity contribution in [2.45, 2.75) is 45.8 Å². The lowest BCUT2D eigenvalue weighted by atomic mass is 10.1. The van der Waals surface area contributed by atoms with Crippen molar-refractivity contribution in [3.8, 4) is 5.75 Å². The molecule has 0 aliphatic heterocycles. The van der Waals surface area contributed by atoms with Gasteiger partial charge >= 0.3 is 0 Å². The van der Waals surface area contributed by atoms with Crippen LogP contribution in [0.15, 0.2) is 29.6 Å². The molecule has 140 valence electrons. The van der Waals surface area contributed by atoms with E-state index < -0.39 is 11.6 Å². The predicted molar refractivity (Wildman–Crippen MR) is 112 cm³/mol. The van der Waals surface area contributed by atoms with Crippen molar-refractivity contribution in [2.24, 2.45) is 5.16 Å². The number of halogens is 1. The molecule has 1 N–H and O–H groups in total. The number of aryl methyl sites for hydroxylation is 1. The third kappa shape index (κ3) is 5.30. The summed E-state index contributed by atoms with van der Waals surface area (Å²) in [5.74, 6) is 0.461. The second kappa shape index (κ2) is 8.66. The van der Waals surface area contributed by atoms with Gasteiger partial charge in [-0.25, -0.2) is 0 Å². The fourth-order valence-corrected chi connectivity index (χ4v) is 3.02. The van der Waals surface area contributed by atoms with Crippen LogP contribution in [0, 0.1) is 10.5 Å². The molecule has 1 unspecified atom stereocenters. The van der Waals surface area contributed by atoms with Crippen molar-refractivity contribution in [1.82, 2.24) is 10.3 Å². The van der Waals surface area contributed by atoms with Crippen molar-refractivity contribution >= 4 is 45.6 Å². The zero-order valence-corrected chi connectivity index (χ0v) is 17.8. The van der Waals surface area contributed by atoms with E-state index in [0.717, 1.165) is 20.0 Å². The van der Waals surface area contributed by atoms with Gasteiger partial charge in [-0.15, -0.1) is 0 Å². The molecule has 1 amide bonds. The lowest BCUT2D eigenvalue weighted by molar-refractivity contribution is -0.129. The molecule has 0 radical (unpaired) electrons. The number of benzene rings is 1. The van der Waals surface area contributed by atoms with Crippen LogP contribution < -0.4 is 10.1 Å². The van der Waals surface area contributed by atoms with Crippen LogP contribution in [0.2, 0.25) is 0 Å². The first-order valence-corrected chi connectivity index (χ1v) is 9.46. The Balaban J connectivity index is 2.20. The summed E-state index contributed by atoms with van der Waals surface area (Å²) in [5, 5.41) is 7.64. The SMILES string of the molecule is CCC(Oc1cc(C)c2ncc(I)cc2c1)C(=O)NC(C)(C)C=NOC. The Morgan fingerprint density at radius 2 is 2.15 bits per heavy atom. The number of pyridine rings is 1. The summed E-state index contributed by atoms with van der Waals surface area (Å²) < 4.78 is 7.04. The van der Waals surface area contributed by atoms with Gasteiger partial charge in [-0.2, -0.15) is 0 Å². The van der Waals surface area contributed by atoms with E-state index in [0.29, 0.717) is 12.2 Å². The van der Waals surface area contributed by atoms with E-state index in [1.54, 1.807) is 6.21 Å². The van der Waals surface area contributed by atoms with Crippen LogP contribution in [0.25, 0.3) is 10.9 Å². The van der Waals surface area contributed by atoms with Crippen molar-refractivity contribution < 1.29 is 14.4 Å². The summed E-state index contributed by atoms with van der Waals surface area (Å²) >= 11 is 2.23. The van der Waals surface area contributed by atoms with Gasteiger partial charge in [-0.3, -0.25) is 9.78 Å². The van der Waals surface area contributed by atoms with Crippen LogP contribution in [0.1, 0.15) is 32.8 Å². The number of carbonyl (C=O) groups is 1. The molecule has 0 spiro atoms. The molecule has 1 aromatic carbocycles. The minimum Gasteiger partial charge on any atom is -0.481 e. The molecule has 0 saturated heterocycles. The van der Waals surface area contributed by atoms with E-state index in [4.69, 9.17) is 4.74 Å². The highest BCUT2D eigenvalue weighted by molar-refractivity contribution is 14.1. The van der Waals surface area contributed by atoms with Gasteiger partial charge in [0.1, 0.15) is 12.9 Å². The summed E-state index contributed by atoms with van der Waals surface area (Å²) in [5.41, 5.74) is 1.31. The molecule has 6 nitrogen and oxygen atoms in total. The number of aromatic nitrogens is 1. The van der Waals surface area contributed by atoms with Crippen LogP contribution in [0.4, 0.5) is 0 Å². The Kier molecular flexibility index (Phi) is 6.80. The van der Waals surface area contributed by atoms with E-state index in [2.05, 4.69) is 42.9 Å². The number of oxime groups is 1. The maximum atomic E-state index is 12.6.